The molecule has 0 aliphatic heterocycles. The molecular weight excluding hydrogens is 360 g/mol. The van der Waals surface area contributed by atoms with Gasteiger partial charge in [0.2, 0.25) is 5.91 Å². The maximum Gasteiger partial charge on any atom is 0.332 e. The minimum Gasteiger partial charge on any atom is -0.465 e. The molecule has 0 aliphatic rings. The molecule has 0 bridgehead atoms. The lowest BCUT2D eigenvalue weighted by atomic mass is 10.2. The molecule has 140 valence electrons. The highest BCUT2D eigenvalue weighted by atomic mass is 32.2. The van der Waals surface area contributed by atoms with Gasteiger partial charge in [-0.25, -0.2) is 9.78 Å². The highest BCUT2D eigenvalue weighted by Crippen LogP contribution is 2.27. The number of pyridine rings is 1. The third-order valence-corrected chi connectivity index (χ3v) is 4.90. The van der Waals surface area contributed by atoms with Crippen LogP contribution in [0.4, 0.5) is 0 Å². The maximum atomic E-state index is 12.5. The Kier molecular flexibility index (Phi) is 6.19. The summed E-state index contributed by atoms with van der Waals surface area (Å²) in [6, 6.07) is 0. The van der Waals surface area contributed by atoms with Crippen molar-refractivity contribution in [3.8, 4) is 0 Å². The van der Waals surface area contributed by atoms with E-state index in [9.17, 15) is 19.2 Å². The fraction of sp³-hybridized carbons (Fsp3) is 0.438. The zero-order chi connectivity index (χ0) is 19.4. The van der Waals surface area contributed by atoms with Gasteiger partial charge >= 0.3 is 11.7 Å². The highest BCUT2D eigenvalue weighted by molar-refractivity contribution is 8.00. The van der Waals surface area contributed by atoms with Crippen LogP contribution in [0, 0.1) is 6.92 Å². The minimum atomic E-state index is -0.514. The molecular formula is C16H20N4O5S. The number of esters is 1. The molecule has 0 saturated heterocycles. The molecule has 0 unspecified atom stereocenters. The molecule has 2 rings (SSSR count). The Labute approximate surface area is 153 Å². The van der Waals surface area contributed by atoms with Gasteiger partial charge in [-0.05, 0) is 19.4 Å². The van der Waals surface area contributed by atoms with Gasteiger partial charge in [0.05, 0.1) is 17.7 Å². The molecule has 0 radical (unpaired) electrons. The Morgan fingerprint density at radius 1 is 1.27 bits per heavy atom. The van der Waals surface area contributed by atoms with Gasteiger partial charge in [-0.1, -0.05) is 0 Å². The molecule has 0 saturated carbocycles. The van der Waals surface area contributed by atoms with E-state index in [1.165, 1.54) is 18.7 Å². The van der Waals surface area contributed by atoms with Crippen LogP contribution >= 0.6 is 11.8 Å². The van der Waals surface area contributed by atoms with Crippen LogP contribution in [0.1, 0.15) is 12.5 Å². The first-order valence-electron chi connectivity index (χ1n) is 7.88. The predicted octanol–water partition coefficient (Wildman–Crippen LogP) is -0.288. The van der Waals surface area contributed by atoms with E-state index in [1.807, 2.05) is 0 Å². The molecule has 0 atom stereocenters. The van der Waals surface area contributed by atoms with E-state index in [2.05, 4.69) is 10.3 Å². The standard InChI is InChI=1S/C16H20N4O5S/c1-5-25-11(22)7-17-10(21)8-26-13-9(2)6-18-14-12(13)15(23)20(4)16(24)19(14)3/h6H,5,7-8H2,1-4H3,(H,17,21). The smallest absolute Gasteiger partial charge is 0.332 e. The van der Waals surface area contributed by atoms with Gasteiger partial charge in [-0.15, -0.1) is 11.8 Å². The molecule has 1 N–H and O–H groups in total. The molecule has 10 heteroatoms. The highest BCUT2D eigenvalue weighted by Gasteiger charge is 2.17. The number of aromatic nitrogens is 3. The van der Waals surface area contributed by atoms with Crippen molar-refractivity contribution in [2.24, 2.45) is 14.1 Å². The van der Waals surface area contributed by atoms with Crippen LogP contribution in [0.15, 0.2) is 20.7 Å². The molecule has 0 aromatic carbocycles. The van der Waals surface area contributed by atoms with Gasteiger partial charge in [0.1, 0.15) is 12.2 Å². The number of aryl methyl sites for hydroxylation is 2. The number of ether oxygens (including phenoxy) is 1. The summed E-state index contributed by atoms with van der Waals surface area (Å²) in [5.41, 5.74) is 0.0466. The van der Waals surface area contributed by atoms with Crippen LogP contribution in [0.3, 0.4) is 0 Å². The summed E-state index contributed by atoms with van der Waals surface area (Å²) in [4.78, 5) is 52.6. The van der Waals surface area contributed by atoms with Gasteiger partial charge in [-0.2, -0.15) is 0 Å². The van der Waals surface area contributed by atoms with Crippen molar-refractivity contribution in [3.05, 3.63) is 32.6 Å². The van der Waals surface area contributed by atoms with Crippen molar-refractivity contribution in [1.82, 2.24) is 19.4 Å². The summed E-state index contributed by atoms with van der Waals surface area (Å²) in [5.74, 6) is -0.875. The second-order valence-corrected chi connectivity index (χ2v) is 6.53. The number of hydrogen-bond acceptors (Lipinski definition) is 7. The molecule has 2 aromatic rings. The molecule has 9 nitrogen and oxygen atoms in total. The number of carbonyl (C=O) groups excluding carboxylic acids is 2. The molecule has 0 aliphatic carbocycles. The first-order valence-corrected chi connectivity index (χ1v) is 8.86. The summed E-state index contributed by atoms with van der Waals surface area (Å²) in [6.45, 7) is 3.49. The van der Waals surface area contributed by atoms with Gasteiger partial charge in [-0.3, -0.25) is 23.5 Å². The van der Waals surface area contributed by atoms with Crippen LogP contribution in [-0.4, -0.2) is 44.9 Å². The third-order valence-electron chi connectivity index (χ3n) is 3.68. The van der Waals surface area contributed by atoms with Gasteiger partial charge in [0.25, 0.3) is 5.56 Å². The number of carbonyl (C=O) groups is 2. The first-order chi connectivity index (χ1) is 12.3. The molecule has 2 heterocycles. The van der Waals surface area contributed by atoms with Crippen LogP contribution in [0.5, 0.6) is 0 Å². The average Bonchev–Trinajstić information content (AvgIpc) is 2.61. The van der Waals surface area contributed by atoms with E-state index >= 15 is 0 Å². The van der Waals surface area contributed by atoms with E-state index in [-0.39, 0.29) is 35.8 Å². The molecule has 0 fully saturated rings. The number of nitrogens with one attached hydrogen (secondary N) is 1. The molecule has 26 heavy (non-hydrogen) atoms. The number of fused-ring (bicyclic) bond motifs is 1. The lowest BCUT2D eigenvalue weighted by Crippen LogP contribution is -2.37. The Morgan fingerprint density at radius 3 is 2.62 bits per heavy atom. The van der Waals surface area contributed by atoms with E-state index in [0.717, 1.165) is 21.9 Å². The average molecular weight is 380 g/mol. The van der Waals surface area contributed by atoms with E-state index < -0.39 is 17.2 Å². The zero-order valence-corrected chi connectivity index (χ0v) is 15.8. The second kappa shape index (κ2) is 8.17. The fourth-order valence-electron chi connectivity index (χ4n) is 2.35. The van der Waals surface area contributed by atoms with Crippen LogP contribution < -0.4 is 16.6 Å². The summed E-state index contributed by atoms with van der Waals surface area (Å²) in [7, 11) is 2.93. The second-order valence-electron chi connectivity index (χ2n) is 5.55. The number of rotatable bonds is 6. The maximum absolute atomic E-state index is 12.5. The Balaban J connectivity index is 2.29. The largest absolute Gasteiger partial charge is 0.465 e. The third kappa shape index (κ3) is 3.96. The van der Waals surface area contributed by atoms with Crippen molar-refractivity contribution < 1.29 is 14.3 Å². The van der Waals surface area contributed by atoms with Gasteiger partial charge in [0.15, 0.2) is 0 Å². The molecule has 1 amide bonds. The van der Waals surface area contributed by atoms with Crippen molar-refractivity contribution in [2.75, 3.05) is 18.9 Å². The number of thioether (sulfide) groups is 1. The summed E-state index contributed by atoms with van der Waals surface area (Å²) < 4.78 is 7.04. The van der Waals surface area contributed by atoms with Crippen LogP contribution in [-0.2, 0) is 28.4 Å². The van der Waals surface area contributed by atoms with Crippen LogP contribution in [0.2, 0.25) is 0 Å². The molecule has 2 aromatic heterocycles. The van der Waals surface area contributed by atoms with Gasteiger partial charge in [0, 0.05) is 25.2 Å². The molecule has 0 spiro atoms. The fourth-order valence-corrected chi connectivity index (χ4v) is 3.34. The Bertz CT molecular complexity index is 979. The minimum absolute atomic E-state index is 0.00531. The lowest BCUT2D eigenvalue weighted by Gasteiger charge is -2.12. The van der Waals surface area contributed by atoms with Crippen molar-refractivity contribution in [2.45, 2.75) is 18.7 Å². The monoisotopic (exact) mass is 380 g/mol. The van der Waals surface area contributed by atoms with Crippen LogP contribution in [0.25, 0.3) is 11.0 Å². The Hall–Kier alpha value is -2.62. The van der Waals surface area contributed by atoms with E-state index in [4.69, 9.17) is 4.74 Å². The Morgan fingerprint density at radius 2 is 1.96 bits per heavy atom. The number of hydrogen-bond donors (Lipinski definition) is 1. The quantitative estimate of drug-likeness (QED) is 0.541. The van der Waals surface area contributed by atoms with Gasteiger partial charge < -0.3 is 10.1 Å². The lowest BCUT2D eigenvalue weighted by molar-refractivity contribution is -0.143. The van der Waals surface area contributed by atoms with Crippen molar-refractivity contribution >= 4 is 34.7 Å². The normalized spacial score (nSPS) is 10.8. The van der Waals surface area contributed by atoms with E-state index in [1.54, 1.807) is 20.0 Å². The first kappa shape index (κ1) is 19.7. The van der Waals surface area contributed by atoms with Crippen molar-refractivity contribution in [3.63, 3.8) is 0 Å². The predicted molar refractivity (Wildman–Crippen MR) is 97.3 cm³/mol. The summed E-state index contributed by atoms with van der Waals surface area (Å²) in [5, 5.41) is 2.75. The van der Waals surface area contributed by atoms with E-state index in [0.29, 0.717) is 4.90 Å². The van der Waals surface area contributed by atoms with Crippen molar-refractivity contribution in [1.29, 1.82) is 0 Å². The summed E-state index contributed by atoms with van der Waals surface area (Å²) in [6.07, 6.45) is 1.56. The summed E-state index contributed by atoms with van der Waals surface area (Å²) >= 11 is 1.15. The topological polar surface area (TPSA) is 112 Å². The number of nitrogens with zero attached hydrogens (tertiary/aromatic N) is 3. The zero-order valence-electron chi connectivity index (χ0n) is 15.0. The number of amides is 1. The SMILES string of the molecule is CCOC(=O)CNC(=O)CSc1c(C)cnc2c1c(=O)n(C)c(=O)n2C.